The van der Waals surface area contributed by atoms with Gasteiger partial charge in [-0.2, -0.15) is 0 Å². The molecule has 0 atom stereocenters. The maximum Gasteiger partial charge on any atom is 0.117 e. The molecule has 0 saturated carbocycles. The summed E-state index contributed by atoms with van der Waals surface area (Å²) in [4.78, 5) is 5.28. The number of aromatic hydroxyl groups is 1. The highest BCUT2D eigenvalue weighted by molar-refractivity contribution is 7.22. The summed E-state index contributed by atoms with van der Waals surface area (Å²) in [7, 11) is 0. The Bertz CT molecular complexity index is 631. The first-order valence-electron chi connectivity index (χ1n) is 4.96. The largest absolute Gasteiger partial charge is 0.508 e. The molecular weight excluding hydrogens is 218 g/mol. The van der Waals surface area contributed by atoms with E-state index in [0.717, 1.165) is 15.6 Å². The molecule has 3 rings (SSSR count). The average molecular weight is 227 g/mol. The molecule has 16 heavy (non-hydrogen) atoms. The summed E-state index contributed by atoms with van der Waals surface area (Å²) in [5, 5.41) is 10.6. The van der Waals surface area contributed by atoms with Crippen LogP contribution >= 0.6 is 11.3 Å². The summed E-state index contributed by atoms with van der Waals surface area (Å²) in [6.07, 6.45) is 3.62. The lowest BCUT2D eigenvalue weighted by atomic mass is 10.2. The molecule has 0 spiro atoms. The molecule has 1 aromatic carbocycles. The minimum Gasteiger partial charge on any atom is -0.508 e. The summed E-state index contributed by atoms with van der Waals surface area (Å²) in [6, 6.07) is 11.5. The number of aromatic nitrogens is 1. The van der Waals surface area contributed by atoms with Crippen LogP contribution in [0.5, 0.6) is 5.75 Å². The van der Waals surface area contributed by atoms with Crippen molar-refractivity contribution in [3.05, 3.63) is 48.8 Å². The minimum absolute atomic E-state index is 0.312. The average Bonchev–Trinajstić information content (AvgIpc) is 2.73. The number of fused-ring (bicyclic) bond motifs is 1. The van der Waals surface area contributed by atoms with Crippen molar-refractivity contribution in [2.75, 3.05) is 0 Å². The van der Waals surface area contributed by atoms with Crippen LogP contribution in [0, 0.1) is 0 Å². The zero-order valence-corrected chi connectivity index (χ0v) is 9.24. The van der Waals surface area contributed by atoms with E-state index < -0.39 is 0 Å². The van der Waals surface area contributed by atoms with Gasteiger partial charge in [0.25, 0.3) is 0 Å². The van der Waals surface area contributed by atoms with Crippen LogP contribution in [0.25, 0.3) is 20.5 Å². The number of hydrogen-bond donors (Lipinski definition) is 1. The molecule has 2 nitrogen and oxygen atoms in total. The van der Waals surface area contributed by atoms with Gasteiger partial charge >= 0.3 is 0 Å². The van der Waals surface area contributed by atoms with Crippen molar-refractivity contribution >= 4 is 21.4 Å². The summed E-state index contributed by atoms with van der Waals surface area (Å²) >= 11 is 1.66. The van der Waals surface area contributed by atoms with Gasteiger partial charge in [-0.05, 0) is 35.7 Å². The van der Waals surface area contributed by atoms with E-state index in [4.69, 9.17) is 0 Å². The lowest BCUT2D eigenvalue weighted by molar-refractivity contribution is 0.476. The first kappa shape index (κ1) is 9.36. The number of pyridine rings is 1. The third kappa shape index (κ3) is 1.55. The standard InChI is InChI=1S/C13H9NOS/c15-11-4-3-9-6-12(16-13(9)7-11)10-2-1-5-14-8-10/h1-8,15H. The summed E-state index contributed by atoms with van der Waals surface area (Å²) < 4.78 is 1.10. The SMILES string of the molecule is Oc1ccc2cc(-c3cccnc3)sc2c1. The molecule has 2 aromatic heterocycles. The molecule has 0 saturated heterocycles. The molecule has 0 bridgehead atoms. The third-order valence-corrected chi connectivity index (χ3v) is 3.60. The highest BCUT2D eigenvalue weighted by Gasteiger charge is 2.04. The molecule has 78 valence electrons. The molecular formula is C13H9NOS. The second-order valence-corrected chi connectivity index (χ2v) is 4.66. The van der Waals surface area contributed by atoms with E-state index in [-0.39, 0.29) is 0 Å². The van der Waals surface area contributed by atoms with E-state index in [1.807, 2.05) is 24.4 Å². The first-order valence-corrected chi connectivity index (χ1v) is 5.77. The maximum absolute atomic E-state index is 9.40. The van der Waals surface area contributed by atoms with Crippen molar-refractivity contribution in [1.82, 2.24) is 4.98 Å². The monoisotopic (exact) mass is 227 g/mol. The van der Waals surface area contributed by atoms with Crippen LogP contribution in [0.4, 0.5) is 0 Å². The van der Waals surface area contributed by atoms with Crippen LogP contribution in [-0.4, -0.2) is 10.1 Å². The number of phenolic OH excluding ortho intramolecular Hbond substituents is 1. The molecule has 0 aliphatic rings. The van der Waals surface area contributed by atoms with Gasteiger partial charge < -0.3 is 5.11 Å². The van der Waals surface area contributed by atoms with E-state index in [1.54, 1.807) is 29.7 Å². The van der Waals surface area contributed by atoms with Crippen molar-refractivity contribution < 1.29 is 5.11 Å². The lowest BCUT2D eigenvalue weighted by Crippen LogP contribution is -1.72. The van der Waals surface area contributed by atoms with Crippen molar-refractivity contribution in [3.8, 4) is 16.2 Å². The molecule has 0 amide bonds. The Morgan fingerprint density at radius 3 is 2.88 bits per heavy atom. The van der Waals surface area contributed by atoms with Gasteiger partial charge in [0.15, 0.2) is 0 Å². The molecule has 3 heteroatoms. The Hall–Kier alpha value is -1.87. The van der Waals surface area contributed by atoms with Crippen LogP contribution in [0.15, 0.2) is 48.8 Å². The highest BCUT2D eigenvalue weighted by atomic mass is 32.1. The van der Waals surface area contributed by atoms with E-state index in [9.17, 15) is 5.11 Å². The maximum atomic E-state index is 9.40. The van der Waals surface area contributed by atoms with Gasteiger partial charge in [-0.1, -0.05) is 6.07 Å². The number of rotatable bonds is 1. The number of hydrogen-bond acceptors (Lipinski definition) is 3. The predicted molar refractivity (Wildman–Crippen MR) is 66.7 cm³/mol. The quantitative estimate of drug-likeness (QED) is 0.688. The first-order chi connectivity index (χ1) is 7.83. The minimum atomic E-state index is 0.312. The van der Waals surface area contributed by atoms with Crippen LogP contribution in [0.3, 0.4) is 0 Å². The molecule has 0 unspecified atom stereocenters. The van der Waals surface area contributed by atoms with Crippen molar-refractivity contribution in [2.24, 2.45) is 0 Å². The van der Waals surface area contributed by atoms with E-state index >= 15 is 0 Å². The van der Waals surface area contributed by atoms with Gasteiger partial charge in [-0.15, -0.1) is 11.3 Å². The number of nitrogens with zero attached hydrogens (tertiary/aromatic N) is 1. The number of benzene rings is 1. The highest BCUT2D eigenvalue weighted by Crippen LogP contribution is 2.34. The molecule has 0 aliphatic heterocycles. The zero-order chi connectivity index (χ0) is 11.0. The Balaban J connectivity index is 2.19. The second-order valence-electron chi connectivity index (χ2n) is 3.57. The summed E-state index contributed by atoms with van der Waals surface area (Å²) in [5.41, 5.74) is 1.11. The summed E-state index contributed by atoms with van der Waals surface area (Å²) in [6.45, 7) is 0. The van der Waals surface area contributed by atoms with Gasteiger partial charge in [0.05, 0.1) is 0 Å². The fraction of sp³-hybridized carbons (Fsp3) is 0. The molecule has 0 radical (unpaired) electrons. The van der Waals surface area contributed by atoms with Gasteiger partial charge in [0, 0.05) is 27.5 Å². The Kier molecular flexibility index (Phi) is 2.11. The van der Waals surface area contributed by atoms with E-state index in [1.165, 1.54) is 4.88 Å². The topological polar surface area (TPSA) is 33.1 Å². The molecule has 2 heterocycles. The van der Waals surface area contributed by atoms with Crippen molar-refractivity contribution in [3.63, 3.8) is 0 Å². The second kappa shape index (κ2) is 3.61. The van der Waals surface area contributed by atoms with Gasteiger partial charge in [-0.25, -0.2) is 0 Å². The lowest BCUT2D eigenvalue weighted by Gasteiger charge is -1.92. The molecule has 3 aromatic rings. The summed E-state index contributed by atoms with van der Waals surface area (Å²) in [5.74, 6) is 0.312. The molecule has 1 N–H and O–H groups in total. The van der Waals surface area contributed by atoms with Crippen molar-refractivity contribution in [2.45, 2.75) is 0 Å². The number of phenols is 1. The fourth-order valence-corrected chi connectivity index (χ4v) is 2.76. The fourth-order valence-electron chi connectivity index (χ4n) is 1.67. The third-order valence-electron chi connectivity index (χ3n) is 2.45. The molecule has 0 aliphatic carbocycles. The van der Waals surface area contributed by atoms with Crippen LogP contribution in [-0.2, 0) is 0 Å². The van der Waals surface area contributed by atoms with E-state index in [2.05, 4.69) is 11.1 Å². The van der Waals surface area contributed by atoms with Crippen LogP contribution < -0.4 is 0 Å². The normalized spacial score (nSPS) is 10.8. The van der Waals surface area contributed by atoms with Crippen LogP contribution in [0.2, 0.25) is 0 Å². The van der Waals surface area contributed by atoms with E-state index in [0.29, 0.717) is 5.75 Å². The zero-order valence-electron chi connectivity index (χ0n) is 8.42. The smallest absolute Gasteiger partial charge is 0.117 e. The van der Waals surface area contributed by atoms with Crippen molar-refractivity contribution in [1.29, 1.82) is 0 Å². The number of thiophene rings is 1. The predicted octanol–water partition coefficient (Wildman–Crippen LogP) is 3.67. The van der Waals surface area contributed by atoms with Gasteiger partial charge in [-0.3, -0.25) is 4.98 Å². The van der Waals surface area contributed by atoms with Gasteiger partial charge in [0.1, 0.15) is 5.75 Å². The Morgan fingerprint density at radius 2 is 2.06 bits per heavy atom. The van der Waals surface area contributed by atoms with Crippen LogP contribution in [0.1, 0.15) is 0 Å². The van der Waals surface area contributed by atoms with Gasteiger partial charge in [0.2, 0.25) is 0 Å². The Morgan fingerprint density at radius 1 is 1.12 bits per heavy atom. The Labute approximate surface area is 96.8 Å². The molecule has 0 fully saturated rings.